The van der Waals surface area contributed by atoms with Gasteiger partial charge in [0.25, 0.3) is 0 Å². The number of carboxylic acids is 1. The van der Waals surface area contributed by atoms with Crippen LogP contribution >= 0.6 is 0 Å². The van der Waals surface area contributed by atoms with E-state index in [1.165, 1.54) is 0 Å². The van der Waals surface area contributed by atoms with E-state index in [-0.39, 0.29) is 16.7 Å². The van der Waals surface area contributed by atoms with Crippen LogP contribution in [0.15, 0.2) is 0 Å². The van der Waals surface area contributed by atoms with Crippen molar-refractivity contribution in [2.45, 2.75) is 20.8 Å². The van der Waals surface area contributed by atoms with E-state index in [1.807, 2.05) is 14.1 Å². The Kier molecular flexibility index (Phi) is 3.88. The Morgan fingerprint density at radius 2 is 1.85 bits per heavy atom. The standard InChI is InChI=1S/C9H19NO3/c1-9(2,3)7-10(4,5)13-6-8(11)12/h6-7H2,1-5H3/p+1. The van der Waals surface area contributed by atoms with Gasteiger partial charge in [-0.15, -0.1) is 0 Å². The van der Waals surface area contributed by atoms with Gasteiger partial charge in [0.05, 0.1) is 14.1 Å². The summed E-state index contributed by atoms with van der Waals surface area (Å²) in [7, 11) is 3.71. The number of hydrogen-bond donors (Lipinski definition) is 1. The Morgan fingerprint density at radius 1 is 1.38 bits per heavy atom. The lowest BCUT2D eigenvalue weighted by atomic mass is 9.96. The van der Waals surface area contributed by atoms with Crippen LogP contribution in [0.3, 0.4) is 0 Å². The van der Waals surface area contributed by atoms with Crippen LogP contribution in [0.4, 0.5) is 0 Å². The molecule has 0 rings (SSSR count). The second-order valence-corrected chi connectivity index (χ2v) is 4.96. The van der Waals surface area contributed by atoms with Crippen molar-refractivity contribution >= 4 is 5.97 Å². The largest absolute Gasteiger partial charge is 0.479 e. The van der Waals surface area contributed by atoms with Gasteiger partial charge in [0.15, 0.2) is 0 Å². The van der Waals surface area contributed by atoms with Crippen LogP contribution in [0, 0.1) is 5.41 Å². The minimum Gasteiger partial charge on any atom is -0.479 e. The second-order valence-electron chi connectivity index (χ2n) is 4.96. The minimum absolute atomic E-state index is 0.127. The van der Waals surface area contributed by atoms with Crippen molar-refractivity contribution in [3.05, 3.63) is 0 Å². The molecular weight excluding hydrogens is 170 g/mol. The molecule has 0 aromatic carbocycles. The third kappa shape index (κ3) is 7.74. The molecule has 4 heteroatoms. The number of quaternary nitrogens is 1. The first-order valence-corrected chi connectivity index (χ1v) is 4.32. The first-order chi connectivity index (χ1) is 5.62. The van der Waals surface area contributed by atoms with Gasteiger partial charge in [-0.25, -0.2) is 4.79 Å². The molecule has 0 saturated heterocycles. The fraction of sp³-hybridized carbons (Fsp3) is 0.889. The summed E-state index contributed by atoms with van der Waals surface area (Å²) in [5.74, 6) is -0.930. The summed E-state index contributed by atoms with van der Waals surface area (Å²) in [6, 6.07) is 0. The van der Waals surface area contributed by atoms with Gasteiger partial charge in [0.2, 0.25) is 6.61 Å². The van der Waals surface area contributed by atoms with E-state index in [1.54, 1.807) is 0 Å². The molecule has 0 aliphatic heterocycles. The summed E-state index contributed by atoms with van der Waals surface area (Å²) in [4.78, 5) is 15.5. The van der Waals surface area contributed by atoms with E-state index in [2.05, 4.69) is 20.8 Å². The number of hydroxylamine groups is 3. The average Bonchev–Trinajstić information content (AvgIpc) is 1.78. The summed E-state index contributed by atoms with van der Waals surface area (Å²) < 4.78 is 0.274. The molecule has 0 aromatic heterocycles. The molecular formula is C9H20NO3+. The molecule has 4 nitrogen and oxygen atoms in total. The Balaban J connectivity index is 4.01. The van der Waals surface area contributed by atoms with E-state index >= 15 is 0 Å². The summed E-state index contributed by atoms with van der Waals surface area (Å²) in [5, 5.41) is 8.44. The maximum atomic E-state index is 10.3. The van der Waals surface area contributed by atoms with Gasteiger partial charge >= 0.3 is 5.97 Å². The normalized spacial score (nSPS) is 13.0. The average molecular weight is 190 g/mol. The van der Waals surface area contributed by atoms with Gasteiger partial charge in [0, 0.05) is 5.41 Å². The molecule has 0 heterocycles. The predicted octanol–water partition coefficient (Wildman–Crippen LogP) is 1.13. The number of aliphatic carboxylic acids is 1. The molecule has 0 spiro atoms. The molecule has 13 heavy (non-hydrogen) atoms. The molecule has 0 radical (unpaired) electrons. The van der Waals surface area contributed by atoms with Gasteiger partial charge in [0.1, 0.15) is 6.54 Å². The third-order valence-electron chi connectivity index (χ3n) is 1.39. The van der Waals surface area contributed by atoms with E-state index in [0.717, 1.165) is 6.54 Å². The van der Waals surface area contributed by atoms with E-state index in [9.17, 15) is 4.79 Å². The molecule has 0 unspecified atom stereocenters. The van der Waals surface area contributed by atoms with Crippen molar-refractivity contribution in [1.82, 2.24) is 0 Å². The third-order valence-corrected chi connectivity index (χ3v) is 1.39. The van der Waals surface area contributed by atoms with E-state index in [4.69, 9.17) is 9.94 Å². The highest BCUT2D eigenvalue weighted by Crippen LogP contribution is 2.18. The van der Waals surface area contributed by atoms with Crippen molar-refractivity contribution in [1.29, 1.82) is 0 Å². The van der Waals surface area contributed by atoms with E-state index < -0.39 is 5.97 Å². The van der Waals surface area contributed by atoms with Gasteiger partial charge in [-0.1, -0.05) is 20.8 Å². The molecule has 0 saturated carbocycles. The highest BCUT2D eigenvalue weighted by molar-refractivity contribution is 5.67. The monoisotopic (exact) mass is 190 g/mol. The molecule has 0 atom stereocenters. The minimum atomic E-state index is -0.930. The Labute approximate surface area is 79.7 Å². The van der Waals surface area contributed by atoms with Gasteiger partial charge < -0.3 is 5.11 Å². The molecule has 0 amide bonds. The first kappa shape index (κ1) is 12.4. The van der Waals surface area contributed by atoms with Crippen LogP contribution in [-0.2, 0) is 9.63 Å². The zero-order valence-corrected chi connectivity index (χ0v) is 9.13. The predicted molar refractivity (Wildman–Crippen MR) is 50.0 cm³/mol. The first-order valence-electron chi connectivity index (χ1n) is 4.32. The van der Waals surface area contributed by atoms with Crippen molar-refractivity contribution in [2.75, 3.05) is 27.2 Å². The summed E-state index contributed by atoms with van der Waals surface area (Å²) >= 11 is 0. The summed E-state index contributed by atoms with van der Waals surface area (Å²) in [5.41, 5.74) is 0.127. The van der Waals surface area contributed by atoms with Crippen LogP contribution in [0.1, 0.15) is 20.8 Å². The Bertz CT molecular complexity index is 182. The lowest BCUT2D eigenvalue weighted by Gasteiger charge is -2.32. The van der Waals surface area contributed by atoms with Gasteiger partial charge in [-0.2, -0.15) is 9.48 Å². The molecule has 0 fully saturated rings. The molecule has 0 bridgehead atoms. The smallest absolute Gasteiger partial charge is 0.336 e. The number of nitrogens with zero attached hydrogens (tertiary/aromatic N) is 1. The maximum absolute atomic E-state index is 10.3. The van der Waals surface area contributed by atoms with Crippen molar-refractivity contribution in [2.24, 2.45) is 5.41 Å². The Morgan fingerprint density at radius 3 is 2.15 bits per heavy atom. The van der Waals surface area contributed by atoms with Crippen LogP contribution in [0.2, 0.25) is 0 Å². The summed E-state index contributed by atoms with van der Waals surface area (Å²) in [6.45, 7) is 6.81. The molecule has 0 aliphatic carbocycles. The quantitative estimate of drug-likeness (QED) is 0.534. The van der Waals surface area contributed by atoms with E-state index in [0.29, 0.717) is 0 Å². The number of carboxylic acid groups (broad SMARTS) is 1. The lowest BCUT2D eigenvalue weighted by Crippen LogP contribution is -2.46. The van der Waals surface area contributed by atoms with Gasteiger partial charge in [-0.05, 0) is 0 Å². The SMILES string of the molecule is CC(C)(C)C[N+](C)(C)OCC(=O)O. The fourth-order valence-corrected chi connectivity index (χ4v) is 1.42. The van der Waals surface area contributed by atoms with Crippen LogP contribution in [-0.4, -0.2) is 43.0 Å². The molecule has 1 N–H and O–H groups in total. The maximum Gasteiger partial charge on any atom is 0.336 e. The number of hydrogen-bond acceptors (Lipinski definition) is 2. The molecule has 0 aromatic rings. The zero-order valence-electron chi connectivity index (χ0n) is 9.13. The second kappa shape index (κ2) is 4.07. The summed E-state index contributed by atoms with van der Waals surface area (Å²) in [6.07, 6.45) is 0. The fourth-order valence-electron chi connectivity index (χ4n) is 1.42. The molecule has 78 valence electrons. The van der Waals surface area contributed by atoms with Crippen molar-refractivity contribution < 1.29 is 19.4 Å². The topological polar surface area (TPSA) is 46.5 Å². The highest BCUT2D eigenvalue weighted by Gasteiger charge is 2.26. The highest BCUT2D eigenvalue weighted by atomic mass is 16.7. The van der Waals surface area contributed by atoms with Crippen molar-refractivity contribution in [3.8, 4) is 0 Å². The van der Waals surface area contributed by atoms with Crippen LogP contribution in [0.5, 0.6) is 0 Å². The van der Waals surface area contributed by atoms with Gasteiger partial charge in [-0.3, -0.25) is 0 Å². The van der Waals surface area contributed by atoms with Crippen LogP contribution in [0.25, 0.3) is 0 Å². The van der Waals surface area contributed by atoms with Crippen LogP contribution < -0.4 is 0 Å². The number of rotatable bonds is 4. The van der Waals surface area contributed by atoms with Crippen molar-refractivity contribution in [3.63, 3.8) is 0 Å². The lowest BCUT2D eigenvalue weighted by molar-refractivity contribution is -1.08. The Hall–Kier alpha value is -0.610. The molecule has 0 aliphatic rings. The zero-order chi connectivity index (χ0) is 10.7. The number of carbonyl (C=O) groups is 1.